The van der Waals surface area contributed by atoms with Gasteiger partial charge in [-0.25, -0.2) is 14.1 Å². The number of nitrogens with zero attached hydrogens (tertiary/aromatic N) is 5. The highest BCUT2D eigenvalue weighted by molar-refractivity contribution is 7.47. The first-order valence-corrected chi connectivity index (χ1v) is 23.4. The van der Waals surface area contributed by atoms with Crippen LogP contribution < -0.4 is 10.5 Å². The summed E-state index contributed by atoms with van der Waals surface area (Å²) < 4.78 is 49.6. The van der Waals surface area contributed by atoms with E-state index in [9.17, 15) is 25.1 Å². The molecule has 2 aromatic heterocycles. The lowest BCUT2D eigenvalue weighted by Gasteiger charge is -2.22. The van der Waals surface area contributed by atoms with Crippen LogP contribution in [0.25, 0.3) is 5.52 Å². The molecule has 16 heteroatoms. The summed E-state index contributed by atoms with van der Waals surface area (Å²) in [5, 5.41) is 35.3. The van der Waals surface area contributed by atoms with E-state index >= 15 is 0 Å². The number of nitriles is 2. The quantitative estimate of drug-likeness (QED) is 0.0422. The van der Waals surface area contributed by atoms with E-state index in [1.54, 1.807) is 30.3 Å². The maximum absolute atomic E-state index is 13.3. The number of hydrogen-bond acceptors (Lipinski definition) is 13. The highest BCUT2D eigenvalue weighted by atomic mass is 31.2. The molecular formula is C44H65N6O9P. The standard InChI is InChI=1S/C44H65N6O9P/c1-4-5-6-7-8-9-10-11-12-13-14-15-16-17-18-19-24-54-29-36(55-28-34-20-21-35(27-45)39(25-34)57-33(2)3)30-56-60(52,53)59-42-43(51)26-40(58-44(42,43)31-46)37-22-23-38-41(47)48-32-49-50(37)38/h20-23,25,32-33,36,40,42,51H,4-19,24,26,28-30H2,1-3H3,(H,52,53)(H2,47,48,49)/t36-,40-,42?,43-,44-/m1/s1. The zero-order valence-corrected chi connectivity index (χ0v) is 36.5. The van der Waals surface area contributed by atoms with E-state index in [1.165, 1.54) is 94.3 Å². The maximum atomic E-state index is 13.3. The average molecular weight is 853 g/mol. The van der Waals surface area contributed by atoms with Gasteiger partial charge < -0.3 is 34.7 Å². The van der Waals surface area contributed by atoms with Gasteiger partial charge in [-0.1, -0.05) is 109 Å². The van der Waals surface area contributed by atoms with Crippen molar-refractivity contribution in [3.8, 4) is 17.9 Å². The predicted molar refractivity (Wildman–Crippen MR) is 226 cm³/mol. The Labute approximate surface area is 355 Å². The van der Waals surface area contributed by atoms with E-state index in [4.69, 9.17) is 33.7 Å². The summed E-state index contributed by atoms with van der Waals surface area (Å²) >= 11 is 0. The third-order valence-corrected chi connectivity index (χ3v) is 12.3. The molecule has 1 aliphatic carbocycles. The molecule has 0 spiro atoms. The lowest BCUT2D eigenvalue weighted by Crippen LogP contribution is -2.26. The fourth-order valence-electron chi connectivity index (χ4n) is 7.92. The maximum Gasteiger partial charge on any atom is 0.472 e. The van der Waals surface area contributed by atoms with Crippen LogP contribution >= 0.6 is 7.82 Å². The van der Waals surface area contributed by atoms with Crippen molar-refractivity contribution >= 4 is 19.2 Å². The average Bonchev–Trinajstić information content (AvgIpc) is 3.52. The zero-order chi connectivity index (χ0) is 43.0. The fourth-order valence-corrected chi connectivity index (χ4v) is 8.92. The Morgan fingerprint density at radius 2 is 1.62 bits per heavy atom. The van der Waals surface area contributed by atoms with Crippen molar-refractivity contribution in [2.75, 3.05) is 25.6 Å². The minimum atomic E-state index is -4.85. The van der Waals surface area contributed by atoms with Gasteiger partial charge in [0.2, 0.25) is 5.60 Å². The summed E-state index contributed by atoms with van der Waals surface area (Å²) in [6.45, 7) is 6.26. The monoisotopic (exact) mass is 852 g/mol. The number of aromatic nitrogens is 3. The molecule has 2 unspecified atom stereocenters. The van der Waals surface area contributed by atoms with E-state index in [-0.39, 0.29) is 38.2 Å². The molecule has 330 valence electrons. The van der Waals surface area contributed by atoms with Crippen LogP contribution in [-0.2, 0) is 34.4 Å². The Balaban J connectivity index is 1.06. The Hall–Kier alpha value is -3.63. The molecule has 1 saturated carbocycles. The number of rotatable bonds is 30. The van der Waals surface area contributed by atoms with E-state index in [0.29, 0.717) is 29.1 Å². The SMILES string of the molecule is CCCCCCCCCCCCCCCCCCOC[C@H](COP(=O)(O)OC1[C@]2(O)C[C@H](c3ccc4c(N)ncnn34)O[C@]12C#N)OCc1ccc(C#N)c(OC(C)C)c1. The number of unbranched alkanes of at least 4 members (excludes halogenated alkanes) is 15. The number of nitrogen functional groups attached to an aromatic ring is 1. The fraction of sp³-hybridized carbons (Fsp3) is 0.682. The number of nitrogens with two attached hydrogens (primary N) is 1. The lowest BCUT2D eigenvalue weighted by molar-refractivity contribution is -0.0546. The molecule has 1 saturated heterocycles. The molecule has 5 rings (SSSR count). The second-order valence-electron chi connectivity index (χ2n) is 16.5. The van der Waals surface area contributed by atoms with Crippen molar-refractivity contribution < 1.29 is 42.6 Å². The molecular weight excluding hydrogens is 787 g/mol. The number of benzene rings is 1. The van der Waals surface area contributed by atoms with Crippen LogP contribution in [0.2, 0.25) is 0 Å². The van der Waals surface area contributed by atoms with Crippen molar-refractivity contribution in [3.05, 3.63) is 53.5 Å². The molecule has 4 N–H and O–H groups in total. The first kappa shape index (κ1) is 47.4. The third-order valence-electron chi connectivity index (χ3n) is 11.3. The molecule has 60 heavy (non-hydrogen) atoms. The number of fused-ring (bicyclic) bond motifs is 2. The third kappa shape index (κ3) is 12.7. The van der Waals surface area contributed by atoms with Crippen LogP contribution in [0.3, 0.4) is 0 Å². The predicted octanol–water partition coefficient (Wildman–Crippen LogP) is 8.80. The summed E-state index contributed by atoms with van der Waals surface area (Å²) in [6.07, 6.45) is 18.4. The van der Waals surface area contributed by atoms with Crippen LogP contribution in [0.5, 0.6) is 5.75 Å². The summed E-state index contributed by atoms with van der Waals surface area (Å²) in [7, 11) is -4.85. The minimum Gasteiger partial charge on any atom is -0.490 e. The largest absolute Gasteiger partial charge is 0.490 e. The zero-order valence-electron chi connectivity index (χ0n) is 35.6. The van der Waals surface area contributed by atoms with E-state index < -0.39 is 37.3 Å². The normalized spacial score (nSPS) is 22.3. The Morgan fingerprint density at radius 1 is 0.967 bits per heavy atom. The first-order valence-electron chi connectivity index (χ1n) is 21.9. The first-order chi connectivity index (χ1) is 29.0. The van der Waals surface area contributed by atoms with Crippen molar-refractivity contribution in [1.82, 2.24) is 14.6 Å². The number of phosphoric acid groups is 1. The van der Waals surface area contributed by atoms with Gasteiger partial charge in [-0.3, -0.25) is 9.05 Å². The van der Waals surface area contributed by atoms with Crippen LogP contribution in [0, 0.1) is 22.7 Å². The number of aliphatic hydroxyl groups is 1. The Bertz CT molecular complexity index is 1930. The van der Waals surface area contributed by atoms with Gasteiger partial charge in [0.25, 0.3) is 0 Å². The van der Waals surface area contributed by atoms with Crippen molar-refractivity contribution in [2.24, 2.45) is 0 Å². The summed E-state index contributed by atoms with van der Waals surface area (Å²) in [4.78, 5) is 14.8. The van der Waals surface area contributed by atoms with Gasteiger partial charge in [0.1, 0.15) is 53.6 Å². The second kappa shape index (κ2) is 23.0. The lowest BCUT2D eigenvalue weighted by atomic mass is 10.0. The molecule has 0 bridgehead atoms. The van der Waals surface area contributed by atoms with Crippen LogP contribution in [0.1, 0.15) is 153 Å². The van der Waals surface area contributed by atoms with Crippen LogP contribution in [0.4, 0.5) is 5.82 Å². The van der Waals surface area contributed by atoms with Gasteiger partial charge in [0.15, 0.2) is 5.82 Å². The number of anilines is 1. The van der Waals surface area contributed by atoms with Crippen LogP contribution in [0.15, 0.2) is 36.7 Å². The number of hydrogen-bond donors (Lipinski definition) is 3. The van der Waals surface area contributed by atoms with Gasteiger partial charge in [-0.05, 0) is 50.1 Å². The van der Waals surface area contributed by atoms with Crippen LogP contribution in [-0.4, -0.2) is 73.9 Å². The van der Waals surface area contributed by atoms with Crippen molar-refractivity contribution in [3.63, 3.8) is 0 Å². The van der Waals surface area contributed by atoms with Gasteiger partial charge >= 0.3 is 7.82 Å². The molecule has 0 amide bonds. The van der Waals surface area contributed by atoms with E-state index in [0.717, 1.165) is 24.8 Å². The molecule has 0 radical (unpaired) electrons. The Morgan fingerprint density at radius 3 is 2.22 bits per heavy atom. The molecule has 1 aliphatic heterocycles. The van der Waals surface area contributed by atoms with Gasteiger partial charge in [0.05, 0.1) is 37.2 Å². The molecule has 3 aromatic rings. The highest BCUT2D eigenvalue weighted by Crippen LogP contribution is 2.68. The summed E-state index contributed by atoms with van der Waals surface area (Å²) in [5.41, 5.74) is 4.35. The summed E-state index contributed by atoms with van der Waals surface area (Å²) in [6, 6.07) is 12.6. The summed E-state index contributed by atoms with van der Waals surface area (Å²) in [5.74, 6) is 0.683. The molecule has 6 atom stereocenters. The molecule has 3 heterocycles. The van der Waals surface area contributed by atoms with Gasteiger partial charge in [0, 0.05) is 13.0 Å². The smallest absolute Gasteiger partial charge is 0.472 e. The molecule has 2 aliphatic rings. The Kier molecular flexibility index (Phi) is 18.2. The number of ether oxygens (including phenoxy) is 4. The minimum absolute atomic E-state index is 0.0734. The second-order valence-corrected chi connectivity index (χ2v) is 17.9. The van der Waals surface area contributed by atoms with E-state index in [2.05, 4.69) is 23.1 Å². The highest BCUT2D eigenvalue weighted by Gasteiger charge is 2.86. The van der Waals surface area contributed by atoms with E-state index in [1.807, 2.05) is 19.9 Å². The number of phosphoric ester groups is 1. The van der Waals surface area contributed by atoms with Gasteiger partial charge in [-0.2, -0.15) is 15.6 Å². The van der Waals surface area contributed by atoms with Crippen molar-refractivity contribution in [2.45, 2.75) is 172 Å². The molecule has 15 nitrogen and oxygen atoms in total. The molecule has 1 aromatic carbocycles. The van der Waals surface area contributed by atoms with Crippen molar-refractivity contribution in [1.29, 1.82) is 10.5 Å². The molecule has 2 fully saturated rings. The van der Waals surface area contributed by atoms with Gasteiger partial charge in [-0.15, -0.1) is 0 Å². The topological polar surface area (TPSA) is 217 Å².